The first-order chi connectivity index (χ1) is 8.64. The molecule has 1 N–H and O–H groups in total. The highest BCUT2D eigenvalue weighted by atomic mass is 15.3. The van der Waals surface area contributed by atoms with Gasteiger partial charge in [-0.15, -0.1) is 0 Å². The van der Waals surface area contributed by atoms with Crippen LogP contribution in [0.1, 0.15) is 13.8 Å². The van der Waals surface area contributed by atoms with E-state index in [4.69, 9.17) is 0 Å². The van der Waals surface area contributed by atoms with Crippen molar-refractivity contribution in [2.75, 3.05) is 24.5 Å². The predicted molar refractivity (Wildman–Crippen MR) is 71.6 cm³/mol. The Balaban J connectivity index is 1.94. The van der Waals surface area contributed by atoms with Crippen LogP contribution in [0.25, 0.3) is 11.2 Å². The fourth-order valence-electron chi connectivity index (χ4n) is 2.36. The number of piperazine rings is 1. The van der Waals surface area contributed by atoms with Crippen molar-refractivity contribution >= 4 is 17.0 Å². The summed E-state index contributed by atoms with van der Waals surface area (Å²) >= 11 is 0. The normalized spacial score (nSPS) is 19.1. The SMILES string of the molecule is CC1(C)CN(c2ccc3nccnc3n2)CCN1. The van der Waals surface area contributed by atoms with E-state index in [0.29, 0.717) is 5.65 Å². The fourth-order valence-corrected chi connectivity index (χ4v) is 2.36. The smallest absolute Gasteiger partial charge is 0.180 e. The summed E-state index contributed by atoms with van der Waals surface area (Å²) in [5.74, 6) is 0.984. The standard InChI is InChI=1S/C13H17N5/c1-13(2)9-18(8-7-16-13)11-4-3-10-12(17-11)15-6-5-14-10/h3-6,16H,7-9H2,1-2H3. The molecule has 2 aromatic rings. The zero-order valence-corrected chi connectivity index (χ0v) is 10.7. The van der Waals surface area contributed by atoms with Gasteiger partial charge >= 0.3 is 0 Å². The highest BCUT2D eigenvalue weighted by Crippen LogP contribution is 2.19. The maximum absolute atomic E-state index is 4.59. The first-order valence-corrected chi connectivity index (χ1v) is 6.22. The number of anilines is 1. The van der Waals surface area contributed by atoms with Crippen molar-refractivity contribution in [1.29, 1.82) is 0 Å². The molecule has 1 saturated heterocycles. The topological polar surface area (TPSA) is 53.9 Å². The van der Waals surface area contributed by atoms with Gasteiger partial charge in [0.25, 0.3) is 0 Å². The van der Waals surface area contributed by atoms with Crippen LogP contribution in [0.4, 0.5) is 5.82 Å². The van der Waals surface area contributed by atoms with Gasteiger partial charge in [-0.05, 0) is 26.0 Å². The lowest BCUT2D eigenvalue weighted by molar-refractivity contribution is 0.352. The van der Waals surface area contributed by atoms with Crippen LogP contribution < -0.4 is 10.2 Å². The first-order valence-electron chi connectivity index (χ1n) is 6.22. The van der Waals surface area contributed by atoms with Gasteiger partial charge in [0.2, 0.25) is 0 Å². The van der Waals surface area contributed by atoms with Crippen molar-refractivity contribution in [2.45, 2.75) is 19.4 Å². The van der Waals surface area contributed by atoms with E-state index in [0.717, 1.165) is 31.0 Å². The van der Waals surface area contributed by atoms with Gasteiger partial charge in [-0.2, -0.15) is 0 Å². The van der Waals surface area contributed by atoms with Gasteiger partial charge in [-0.1, -0.05) is 0 Å². The van der Waals surface area contributed by atoms with Crippen LogP contribution in [-0.2, 0) is 0 Å². The zero-order valence-electron chi connectivity index (χ0n) is 10.7. The lowest BCUT2D eigenvalue weighted by atomic mass is 10.0. The number of aromatic nitrogens is 3. The van der Waals surface area contributed by atoms with Crippen LogP contribution in [0.3, 0.4) is 0 Å². The second kappa shape index (κ2) is 4.17. The molecule has 0 bridgehead atoms. The third kappa shape index (κ3) is 2.13. The molecule has 0 saturated carbocycles. The average Bonchev–Trinajstić information content (AvgIpc) is 2.37. The molecule has 2 aromatic heterocycles. The van der Waals surface area contributed by atoms with E-state index in [1.54, 1.807) is 12.4 Å². The Morgan fingerprint density at radius 2 is 2.06 bits per heavy atom. The molecule has 5 heteroatoms. The molecule has 0 atom stereocenters. The molecule has 94 valence electrons. The van der Waals surface area contributed by atoms with E-state index in [2.05, 4.69) is 39.0 Å². The number of rotatable bonds is 1. The van der Waals surface area contributed by atoms with Crippen molar-refractivity contribution in [2.24, 2.45) is 0 Å². The third-order valence-corrected chi connectivity index (χ3v) is 3.21. The number of fused-ring (bicyclic) bond motifs is 1. The molecule has 0 aliphatic carbocycles. The van der Waals surface area contributed by atoms with Crippen LogP contribution >= 0.6 is 0 Å². The van der Waals surface area contributed by atoms with Gasteiger partial charge in [-0.25, -0.2) is 9.97 Å². The van der Waals surface area contributed by atoms with Gasteiger partial charge < -0.3 is 10.2 Å². The maximum Gasteiger partial charge on any atom is 0.180 e. The van der Waals surface area contributed by atoms with Gasteiger partial charge in [0.1, 0.15) is 11.3 Å². The summed E-state index contributed by atoms with van der Waals surface area (Å²) in [6, 6.07) is 4.01. The van der Waals surface area contributed by atoms with Gasteiger partial charge in [-0.3, -0.25) is 4.98 Å². The predicted octanol–water partition coefficient (Wildman–Crippen LogP) is 1.21. The van der Waals surface area contributed by atoms with Crippen LogP contribution in [0.5, 0.6) is 0 Å². The number of pyridine rings is 1. The number of nitrogens with one attached hydrogen (secondary N) is 1. The van der Waals surface area contributed by atoms with Crippen molar-refractivity contribution in [1.82, 2.24) is 20.3 Å². The molecule has 0 spiro atoms. The minimum Gasteiger partial charge on any atom is -0.353 e. The Kier molecular flexibility index (Phi) is 2.63. The van der Waals surface area contributed by atoms with E-state index in [1.165, 1.54) is 0 Å². The summed E-state index contributed by atoms with van der Waals surface area (Å²) in [6.45, 7) is 7.32. The van der Waals surface area contributed by atoms with Gasteiger partial charge in [0, 0.05) is 37.6 Å². The highest BCUT2D eigenvalue weighted by Gasteiger charge is 2.26. The lowest BCUT2D eigenvalue weighted by Gasteiger charge is -2.39. The van der Waals surface area contributed by atoms with E-state index < -0.39 is 0 Å². The van der Waals surface area contributed by atoms with Crippen LogP contribution in [0.2, 0.25) is 0 Å². The fraction of sp³-hybridized carbons (Fsp3) is 0.462. The van der Waals surface area contributed by atoms with Crippen molar-refractivity contribution in [3.05, 3.63) is 24.5 Å². The molecule has 1 aliphatic heterocycles. The quantitative estimate of drug-likeness (QED) is 0.816. The van der Waals surface area contributed by atoms with E-state index in [1.807, 2.05) is 12.1 Å². The summed E-state index contributed by atoms with van der Waals surface area (Å²) in [4.78, 5) is 15.4. The summed E-state index contributed by atoms with van der Waals surface area (Å²) in [5.41, 5.74) is 1.68. The minimum atomic E-state index is 0.122. The van der Waals surface area contributed by atoms with Crippen LogP contribution in [0, 0.1) is 0 Å². The molecule has 18 heavy (non-hydrogen) atoms. The van der Waals surface area contributed by atoms with E-state index in [-0.39, 0.29) is 5.54 Å². The molecular weight excluding hydrogens is 226 g/mol. The van der Waals surface area contributed by atoms with E-state index in [9.17, 15) is 0 Å². The second-order valence-corrected chi connectivity index (χ2v) is 5.30. The molecule has 0 amide bonds. The van der Waals surface area contributed by atoms with E-state index >= 15 is 0 Å². The second-order valence-electron chi connectivity index (χ2n) is 5.30. The summed E-state index contributed by atoms with van der Waals surface area (Å²) < 4.78 is 0. The Labute approximate surface area is 106 Å². The molecule has 0 unspecified atom stereocenters. The lowest BCUT2D eigenvalue weighted by Crippen LogP contribution is -2.57. The Hall–Kier alpha value is -1.75. The maximum atomic E-state index is 4.59. The van der Waals surface area contributed by atoms with Gasteiger partial charge in [0.05, 0.1) is 0 Å². The Bertz CT molecular complexity index is 566. The third-order valence-electron chi connectivity index (χ3n) is 3.21. The Morgan fingerprint density at radius 1 is 1.22 bits per heavy atom. The summed E-state index contributed by atoms with van der Waals surface area (Å²) in [5, 5.41) is 3.50. The van der Waals surface area contributed by atoms with Crippen molar-refractivity contribution in [3.8, 4) is 0 Å². The number of hydrogen-bond acceptors (Lipinski definition) is 5. The average molecular weight is 243 g/mol. The summed E-state index contributed by atoms with van der Waals surface area (Å²) in [6.07, 6.45) is 3.37. The van der Waals surface area contributed by atoms with Crippen molar-refractivity contribution < 1.29 is 0 Å². The molecule has 3 rings (SSSR count). The van der Waals surface area contributed by atoms with Crippen molar-refractivity contribution in [3.63, 3.8) is 0 Å². The Morgan fingerprint density at radius 3 is 2.89 bits per heavy atom. The largest absolute Gasteiger partial charge is 0.353 e. The molecule has 5 nitrogen and oxygen atoms in total. The molecule has 0 radical (unpaired) electrons. The molecular formula is C13H17N5. The zero-order chi connectivity index (χ0) is 12.6. The molecule has 1 aliphatic rings. The first kappa shape index (κ1) is 11.3. The molecule has 1 fully saturated rings. The minimum absolute atomic E-state index is 0.122. The van der Waals surface area contributed by atoms with Crippen LogP contribution in [0.15, 0.2) is 24.5 Å². The number of nitrogens with zero attached hydrogens (tertiary/aromatic N) is 4. The van der Waals surface area contributed by atoms with Gasteiger partial charge in [0.15, 0.2) is 5.65 Å². The monoisotopic (exact) mass is 243 g/mol. The molecule has 3 heterocycles. The summed E-state index contributed by atoms with van der Waals surface area (Å²) in [7, 11) is 0. The molecule has 0 aromatic carbocycles. The van der Waals surface area contributed by atoms with Crippen LogP contribution in [-0.4, -0.2) is 40.1 Å². The highest BCUT2D eigenvalue weighted by molar-refractivity contribution is 5.71. The number of hydrogen-bond donors (Lipinski definition) is 1.